The third-order valence-electron chi connectivity index (χ3n) is 2.67. The van der Waals surface area contributed by atoms with Crippen LogP contribution < -0.4 is 5.56 Å². The van der Waals surface area contributed by atoms with Crippen molar-refractivity contribution in [1.82, 2.24) is 9.97 Å². The van der Waals surface area contributed by atoms with Gasteiger partial charge in [0.25, 0.3) is 5.56 Å². The van der Waals surface area contributed by atoms with Gasteiger partial charge in [-0.25, -0.2) is 9.37 Å². The summed E-state index contributed by atoms with van der Waals surface area (Å²) in [4.78, 5) is 18.9. The minimum atomic E-state index is -0.366. The molecule has 0 radical (unpaired) electrons. The van der Waals surface area contributed by atoms with Crippen molar-refractivity contribution in [2.75, 3.05) is 7.11 Å². The molecule has 1 heterocycles. The van der Waals surface area contributed by atoms with E-state index in [1.165, 1.54) is 19.2 Å². The molecule has 4 nitrogen and oxygen atoms in total. The lowest BCUT2D eigenvalue weighted by Gasteiger charge is -2.08. The average Bonchev–Trinajstić information content (AvgIpc) is 2.38. The van der Waals surface area contributed by atoms with Crippen LogP contribution in [0.5, 0.6) is 0 Å². The molecule has 0 bridgehead atoms. The molecule has 1 aromatic carbocycles. The second-order valence-electron chi connectivity index (χ2n) is 4.07. The number of nitrogens with zero attached hydrogens (tertiary/aromatic N) is 1. The number of halogens is 2. The Hall–Kier alpha value is -1.28. The third-order valence-corrected chi connectivity index (χ3v) is 3.78. The standard InChI is InChI=1S/C13H12FIN2O2/c1-7-3-4-8(14)5-9(7)12-16-10(6-19-2)11(15)13(18)17-12/h3-5H,6H2,1-2H3,(H,16,17,18). The van der Waals surface area contributed by atoms with Crippen molar-refractivity contribution in [2.45, 2.75) is 13.5 Å². The Morgan fingerprint density at radius 2 is 2.21 bits per heavy atom. The van der Waals surface area contributed by atoms with E-state index in [1.807, 2.05) is 29.5 Å². The molecule has 100 valence electrons. The molecule has 0 amide bonds. The summed E-state index contributed by atoms with van der Waals surface area (Å²) in [5.41, 5.74) is 1.71. The van der Waals surface area contributed by atoms with Gasteiger partial charge in [0, 0.05) is 12.7 Å². The number of hydrogen-bond donors (Lipinski definition) is 1. The van der Waals surface area contributed by atoms with Crippen LogP contribution in [-0.2, 0) is 11.3 Å². The summed E-state index contributed by atoms with van der Waals surface area (Å²) in [6, 6.07) is 4.38. The fourth-order valence-electron chi connectivity index (χ4n) is 1.71. The van der Waals surface area contributed by atoms with Gasteiger partial charge < -0.3 is 9.72 Å². The predicted molar refractivity (Wildman–Crippen MR) is 78.4 cm³/mol. The van der Waals surface area contributed by atoms with Gasteiger partial charge >= 0.3 is 0 Å². The van der Waals surface area contributed by atoms with Crippen LogP contribution in [0.4, 0.5) is 4.39 Å². The highest BCUT2D eigenvalue weighted by atomic mass is 127. The zero-order valence-corrected chi connectivity index (χ0v) is 12.6. The van der Waals surface area contributed by atoms with E-state index in [0.29, 0.717) is 20.7 Å². The predicted octanol–water partition coefficient (Wildman–Crippen LogP) is 2.64. The average molecular weight is 374 g/mol. The molecular formula is C13H12FIN2O2. The molecule has 0 unspecified atom stereocenters. The molecule has 0 atom stereocenters. The summed E-state index contributed by atoms with van der Waals surface area (Å²) in [6.45, 7) is 2.08. The van der Waals surface area contributed by atoms with Gasteiger partial charge in [0.05, 0.1) is 12.3 Å². The Balaban J connectivity index is 2.62. The minimum absolute atomic E-state index is 0.240. The molecule has 0 saturated carbocycles. The summed E-state index contributed by atoms with van der Waals surface area (Å²) >= 11 is 1.92. The maximum atomic E-state index is 13.3. The maximum Gasteiger partial charge on any atom is 0.264 e. The molecular weight excluding hydrogens is 362 g/mol. The van der Waals surface area contributed by atoms with Crippen molar-refractivity contribution >= 4 is 22.6 Å². The van der Waals surface area contributed by atoms with Gasteiger partial charge in [0.2, 0.25) is 0 Å². The van der Waals surface area contributed by atoms with Gasteiger partial charge in [0.1, 0.15) is 15.2 Å². The summed E-state index contributed by atoms with van der Waals surface area (Å²) in [5.74, 6) is -0.00967. The van der Waals surface area contributed by atoms with E-state index in [2.05, 4.69) is 9.97 Å². The number of nitrogens with one attached hydrogen (secondary N) is 1. The minimum Gasteiger partial charge on any atom is -0.378 e. The molecule has 0 fully saturated rings. The Kier molecular flexibility index (Phi) is 4.31. The summed E-state index contributed by atoms with van der Waals surface area (Å²) in [6.07, 6.45) is 0. The van der Waals surface area contributed by atoms with Gasteiger partial charge in [-0.05, 0) is 47.2 Å². The normalized spacial score (nSPS) is 10.7. The molecule has 19 heavy (non-hydrogen) atoms. The van der Waals surface area contributed by atoms with Crippen LogP contribution in [0.3, 0.4) is 0 Å². The van der Waals surface area contributed by atoms with Crippen LogP contribution in [0.15, 0.2) is 23.0 Å². The van der Waals surface area contributed by atoms with Gasteiger partial charge in [-0.2, -0.15) is 0 Å². The van der Waals surface area contributed by atoms with Crippen molar-refractivity contribution in [3.8, 4) is 11.4 Å². The highest BCUT2D eigenvalue weighted by Gasteiger charge is 2.12. The quantitative estimate of drug-likeness (QED) is 0.841. The van der Waals surface area contributed by atoms with E-state index in [9.17, 15) is 9.18 Å². The monoisotopic (exact) mass is 374 g/mol. The lowest BCUT2D eigenvalue weighted by atomic mass is 10.1. The number of aromatic amines is 1. The molecule has 0 spiro atoms. The largest absolute Gasteiger partial charge is 0.378 e. The summed E-state index contributed by atoms with van der Waals surface area (Å²) < 4.78 is 18.8. The highest BCUT2D eigenvalue weighted by molar-refractivity contribution is 14.1. The summed E-state index contributed by atoms with van der Waals surface area (Å²) in [7, 11) is 1.53. The highest BCUT2D eigenvalue weighted by Crippen LogP contribution is 2.21. The molecule has 0 aliphatic rings. The number of ether oxygens (including phenoxy) is 1. The molecule has 2 rings (SSSR count). The summed E-state index contributed by atoms with van der Waals surface area (Å²) in [5, 5.41) is 0. The number of H-pyrrole nitrogens is 1. The number of hydrogen-bond acceptors (Lipinski definition) is 3. The lowest BCUT2D eigenvalue weighted by Crippen LogP contribution is -2.17. The first-order chi connectivity index (χ1) is 9.02. The Labute approximate surface area is 123 Å². The molecule has 1 N–H and O–H groups in total. The second-order valence-corrected chi connectivity index (χ2v) is 5.15. The van der Waals surface area contributed by atoms with Crippen LogP contribution in [0.1, 0.15) is 11.3 Å². The van der Waals surface area contributed by atoms with Crippen LogP contribution in [0.2, 0.25) is 0 Å². The van der Waals surface area contributed by atoms with Crippen molar-refractivity contribution in [3.63, 3.8) is 0 Å². The van der Waals surface area contributed by atoms with Gasteiger partial charge in [-0.15, -0.1) is 0 Å². The topological polar surface area (TPSA) is 55.0 Å². The van der Waals surface area contributed by atoms with E-state index in [4.69, 9.17) is 4.74 Å². The zero-order chi connectivity index (χ0) is 14.0. The zero-order valence-electron chi connectivity index (χ0n) is 10.5. The molecule has 6 heteroatoms. The Bertz CT molecular complexity index is 670. The van der Waals surface area contributed by atoms with Crippen molar-refractivity contribution in [3.05, 3.63) is 49.2 Å². The van der Waals surface area contributed by atoms with E-state index >= 15 is 0 Å². The Morgan fingerprint density at radius 3 is 2.89 bits per heavy atom. The van der Waals surface area contributed by atoms with Gasteiger partial charge in [-0.1, -0.05) is 6.07 Å². The Morgan fingerprint density at radius 1 is 1.47 bits per heavy atom. The molecule has 0 saturated heterocycles. The van der Waals surface area contributed by atoms with Crippen LogP contribution in [0, 0.1) is 16.3 Å². The first kappa shape index (κ1) is 14.1. The number of aromatic nitrogens is 2. The third kappa shape index (κ3) is 3.01. The molecule has 0 aliphatic carbocycles. The van der Waals surface area contributed by atoms with Gasteiger partial charge in [0.15, 0.2) is 0 Å². The fourth-order valence-corrected chi connectivity index (χ4v) is 2.13. The van der Waals surface area contributed by atoms with Crippen molar-refractivity contribution in [1.29, 1.82) is 0 Å². The van der Waals surface area contributed by atoms with Crippen LogP contribution in [-0.4, -0.2) is 17.1 Å². The van der Waals surface area contributed by atoms with E-state index in [1.54, 1.807) is 6.07 Å². The number of benzene rings is 1. The number of methoxy groups -OCH3 is 1. The van der Waals surface area contributed by atoms with Crippen molar-refractivity contribution < 1.29 is 9.13 Å². The molecule has 1 aromatic heterocycles. The maximum absolute atomic E-state index is 13.3. The molecule has 0 aliphatic heterocycles. The SMILES string of the molecule is COCc1nc(-c2cc(F)ccc2C)[nH]c(=O)c1I. The first-order valence-electron chi connectivity index (χ1n) is 5.57. The van der Waals surface area contributed by atoms with Crippen LogP contribution in [0.25, 0.3) is 11.4 Å². The van der Waals surface area contributed by atoms with Crippen LogP contribution >= 0.6 is 22.6 Å². The van der Waals surface area contributed by atoms with E-state index in [0.717, 1.165) is 5.56 Å². The van der Waals surface area contributed by atoms with Crippen molar-refractivity contribution in [2.24, 2.45) is 0 Å². The lowest BCUT2D eigenvalue weighted by molar-refractivity contribution is 0.180. The van der Waals surface area contributed by atoms with E-state index in [-0.39, 0.29) is 18.0 Å². The van der Waals surface area contributed by atoms with E-state index < -0.39 is 0 Å². The van der Waals surface area contributed by atoms with Gasteiger partial charge in [-0.3, -0.25) is 4.79 Å². The fraction of sp³-hybridized carbons (Fsp3) is 0.231. The second kappa shape index (κ2) is 5.79. The molecule has 2 aromatic rings. The first-order valence-corrected chi connectivity index (χ1v) is 6.65. The smallest absolute Gasteiger partial charge is 0.264 e. The number of rotatable bonds is 3. The number of aryl methyl sites for hydroxylation is 1.